The van der Waals surface area contributed by atoms with Gasteiger partial charge in [-0.05, 0) is 24.7 Å². The van der Waals surface area contributed by atoms with Crippen molar-refractivity contribution in [2.24, 2.45) is 0 Å². The number of aromatic nitrogens is 1. The van der Waals surface area contributed by atoms with E-state index in [2.05, 4.69) is 16.4 Å². The number of nitriles is 1. The molecule has 1 N–H and O–H groups in total. The Balaban J connectivity index is 2.20. The first-order chi connectivity index (χ1) is 9.30. The third-order valence-corrected chi connectivity index (χ3v) is 4.17. The zero-order valence-corrected chi connectivity index (χ0v) is 11.5. The molecule has 4 heteroatoms. The van der Waals surface area contributed by atoms with Gasteiger partial charge in [-0.15, -0.1) is 11.8 Å². The first-order valence-corrected chi connectivity index (χ1v) is 6.98. The minimum absolute atomic E-state index is 0.647. The summed E-state index contributed by atoms with van der Waals surface area (Å²) in [5, 5.41) is 12.7. The Morgan fingerprint density at radius 2 is 1.89 bits per heavy atom. The van der Waals surface area contributed by atoms with E-state index in [0.29, 0.717) is 5.75 Å². The van der Waals surface area contributed by atoms with E-state index in [9.17, 15) is 5.26 Å². The van der Waals surface area contributed by atoms with Gasteiger partial charge in [0.1, 0.15) is 5.54 Å². The molecule has 96 valence electrons. The van der Waals surface area contributed by atoms with Crippen LogP contribution in [-0.4, -0.2) is 17.8 Å². The summed E-state index contributed by atoms with van der Waals surface area (Å²) >= 11 is 1.65. The molecule has 2 rings (SSSR count). The molecule has 1 atom stereocenters. The SMILES string of the molecule is CNC(C#N)(CSc1ccncc1)c1ccccc1. The Kier molecular flexibility index (Phi) is 4.56. The summed E-state index contributed by atoms with van der Waals surface area (Å²) < 4.78 is 0. The first kappa shape index (κ1) is 13.6. The molecule has 0 aliphatic heterocycles. The van der Waals surface area contributed by atoms with Gasteiger partial charge in [0.05, 0.1) is 6.07 Å². The molecule has 1 aromatic carbocycles. The third kappa shape index (κ3) is 3.14. The van der Waals surface area contributed by atoms with Gasteiger partial charge in [0.15, 0.2) is 0 Å². The maximum Gasteiger partial charge on any atom is 0.141 e. The minimum atomic E-state index is -0.671. The number of benzene rings is 1. The van der Waals surface area contributed by atoms with E-state index in [-0.39, 0.29) is 0 Å². The Morgan fingerprint density at radius 3 is 2.47 bits per heavy atom. The van der Waals surface area contributed by atoms with Crippen LogP contribution in [0, 0.1) is 11.3 Å². The minimum Gasteiger partial charge on any atom is -0.298 e. The fourth-order valence-corrected chi connectivity index (χ4v) is 2.87. The van der Waals surface area contributed by atoms with Crippen LogP contribution in [0.4, 0.5) is 0 Å². The molecule has 3 nitrogen and oxygen atoms in total. The average molecular weight is 269 g/mol. The van der Waals surface area contributed by atoms with Gasteiger partial charge >= 0.3 is 0 Å². The standard InChI is InChI=1S/C15H15N3S/c1-17-15(11-16,13-5-3-2-4-6-13)12-19-14-7-9-18-10-8-14/h2-10,17H,12H2,1H3. The molecule has 2 aromatic rings. The van der Waals surface area contributed by atoms with E-state index in [4.69, 9.17) is 0 Å². The largest absolute Gasteiger partial charge is 0.298 e. The van der Waals surface area contributed by atoms with Gasteiger partial charge in [0, 0.05) is 23.0 Å². The third-order valence-electron chi connectivity index (χ3n) is 2.99. The highest BCUT2D eigenvalue weighted by Crippen LogP contribution is 2.28. The lowest BCUT2D eigenvalue weighted by Gasteiger charge is -2.26. The van der Waals surface area contributed by atoms with Crippen molar-refractivity contribution in [3.63, 3.8) is 0 Å². The number of hydrogen-bond donors (Lipinski definition) is 1. The number of nitrogens with one attached hydrogen (secondary N) is 1. The Labute approximate surface area is 117 Å². The topological polar surface area (TPSA) is 48.7 Å². The van der Waals surface area contributed by atoms with Gasteiger partial charge in [-0.25, -0.2) is 0 Å². The fraction of sp³-hybridized carbons (Fsp3) is 0.200. The zero-order valence-electron chi connectivity index (χ0n) is 10.7. The van der Waals surface area contributed by atoms with Crippen LogP contribution in [0.25, 0.3) is 0 Å². The molecule has 0 saturated carbocycles. The van der Waals surface area contributed by atoms with E-state index in [0.717, 1.165) is 10.5 Å². The molecule has 1 unspecified atom stereocenters. The van der Waals surface area contributed by atoms with Gasteiger partial charge in [-0.2, -0.15) is 5.26 Å². The monoisotopic (exact) mass is 269 g/mol. The van der Waals surface area contributed by atoms with Crippen LogP contribution in [-0.2, 0) is 5.54 Å². The Bertz CT molecular complexity index is 551. The van der Waals surface area contributed by atoms with Crippen molar-refractivity contribution in [2.45, 2.75) is 10.4 Å². The molecular formula is C15H15N3S. The number of nitrogens with zero attached hydrogens (tertiary/aromatic N) is 2. The van der Waals surface area contributed by atoms with Crippen molar-refractivity contribution in [1.29, 1.82) is 5.26 Å². The quantitative estimate of drug-likeness (QED) is 0.848. The summed E-state index contributed by atoms with van der Waals surface area (Å²) in [6, 6.07) is 16.1. The van der Waals surface area contributed by atoms with Crippen molar-refractivity contribution < 1.29 is 0 Å². The van der Waals surface area contributed by atoms with E-state index in [1.54, 1.807) is 24.2 Å². The van der Waals surface area contributed by atoms with Crippen molar-refractivity contribution >= 4 is 11.8 Å². The molecule has 0 bridgehead atoms. The van der Waals surface area contributed by atoms with Crippen molar-refractivity contribution in [2.75, 3.05) is 12.8 Å². The van der Waals surface area contributed by atoms with Crippen LogP contribution in [0.2, 0.25) is 0 Å². The summed E-state index contributed by atoms with van der Waals surface area (Å²) in [6.45, 7) is 0. The van der Waals surface area contributed by atoms with Gasteiger partial charge in [0.2, 0.25) is 0 Å². The molecule has 0 aliphatic carbocycles. The van der Waals surface area contributed by atoms with Crippen LogP contribution in [0.3, 0.4) is 0 Å². The Hall–Kier alpha value is -1.83. The summed E-state index contributed by atoms with van der Waals surface area (Å²) in [4.78, 5) is 5.11. The first-order valence-electron chi connectivity index (χ1n) is 5.99. The van der Waals surface area contributed by atoms with Crippen molar-refractivity contribution in [1.82, 2.24) is 10.3 Å². The van der Waals surface area contributed by atoms with E-state index < -0.39 is 5.54 Å². The number of thioether (sulfide) groups is 1. The van der Waals surface area contributed by atoms with Crippen LogP contribution < -0.4 is 5.32 Å². The molecule has 0 fully saturated rings. The van der Waals surface area contributed by atoms with Crippen molar-refractivity contribution in [3.05, 3.63) is 60.4 Å². The van der Waals surface area contributed by atoms with Gasteiger partial charge in [-0.1, -0.05) is 30.3 Å². The van der Waals surface area contributed by atoms with Gasteiger partial charge in [0.25, 0.3) is 0 Å². The second-order valence-corrected chi connectivity index (χ2v) is 5.15. The molecule has 0 radical (unpaired) electrons. The fourth-order valence-electron chi connectivity index (χ4n) is 1.80. The molecule has 0 saturated heterocycles. The van der Waals surface area contributed by atoms with E-state index >= 15 is 0 Å². The van der Waals surface area contributed by atoms with Crippen molar-refractivity contribution in [3.8, 4) is 6.07 Å². The maximum absolute atomic E-state index is 9.57. The lowest BCUT2D eigenvalue weighted by atomic mass is 9.94. The van der Waals surface area contributed by atoms with E-state index in [1.807, 2.05) is 49.5 Å². The second-order valence-electron chi connectivity index (χ2n) is 4.10. The predicted octanol–water partition coefficient (Wildman–Crippen LogP) is 2.81. The molecule has 0 amide bonds. The highest BCUT2D eigenvalue weighted by molar-refractivity contribution is 7.99. The van der Waals surface area contributed by atoms with Crippen LogP contribution in [0.15, 0.2) is 59.8 Å². The van der Waals surface area contributed by atoms with Gasteiger partial charge < -0.3 is 0 Å². The molecule has 1 aromatic heterocycles. The molecule has 19 heavy (non-hydrogen) atoms. The molecule has 1 heterocycles. The predicted molar refractivity (Wildman–Crippen MR) is 77.8 cm³/mol. The molecule has 0 aliphatic rings. The Morgan fingerprint density at radius 1 is 1.21 bits per heavy atom. The normalized spacial score (nSPS) is 13.5. The van der Waals surface area contributed by atoms with Gasteiger partial charge in [-0.3, -0.25) is 10.3 Å². The number of rotatable bonds is 5. The van der Waals surface area contributed by atoms with Crippen LogP contribution in [0.1, 0.15) is 5.56 Å². The average Bonchev–Trinajstić information content (AvgIpc) is 2.51. The summed E-state index contributed by atoms with van der Waals surface area (Å²) in [7, 11) is 1.82. The van der Waals surface area contributed by atoms with Crippen LogP contribution in [0.5, 0.6) is 0 Å². The van der Waals surface area contributed by atoms with Crippen LogP contribution >= 0.6 is 11.8 Å². The summed E-state index contributed by atoms with van der Waals surface area (Å²) in [5.41, 5.74) is 0.316. The highest BCUT2D eigenvalue weighted by Gasteiger charge is 2.30. The number of hydrogen-bond acceptors (Lipinski definition) is 4. The smallest absolute Gasteiger partial charge is 0.141 e. The lowest BCUT2D eigenvalue weighted by molar-refractivity contribution is 0.528. The molecular weight excluding hydrogens is 254 g/mol. The maximum atomic E-state index is 9.57. The zero-order chi connectivity index (χ0) is 13.6. The summed E-state index contributed by atoms with van der Waals surface area (Å²) in [5.74, 6) is 0.647. The highest BCUT2D eigenvalue weighted by atomic mass is 32.2. The number of pyridine rings is 1. The van der Waals surface area contributed by atoms with E-state index in [1.165, 1.54) is 0 Å². The summed E-state index contributed by atoms with van der Waals surface area (Å²) in [6.07, 6.45) is 3.52. The molecule has 0 spiro atoms. The lowest BCUT2D eigenvalue weighted by Crippen LogP contribution is -2.41. The second kappa shape index (κ2) is 6.37.